The molecule has 0 saturated heterocycles. The molecule has 0 aliphatic heterocycles. The van der Waals surface area contributed by atoms with E-state index in [4.69, 9.17) is 0 Å². The minimum Gasteiger partial charge on any atom is -0.326 e. The molecule has 5 heteroatoms. The molecule has 0 radical (unpaired) electrons. The molecule has 1 aromatic carbocycles. The van der Waals surface area contributed by atoms with Gasteiger partial charge in [-0.25, -0.2) is 5.09 Å². The maximum absolute atomic E-state index is 11.6. The van der Waals surface area contributed by atoms with Gasteiger partial charge in [0.05, 0.1) is 0 Å². The Morgan fingerprint density at radius 2 is 2.07 bits per heavy atom. The highest BCUT2D eigenvalue weighted by Gasteiger charge is 2.17. The quantitative estimate of drug-likeness (QED) is 0.756. The highest BCUT2D eigenvalue weighted by atomic mass is 32.7. The summed E-state index contributed by atoms with van der Waals surface area (Å²) >= 11 is 1.07. The molecular weight excluding hydrogens is 229 g/mol. The Hall–Kier alpha value is -0.280. The van der Waals surface area contributed by atoms with Gasteiger partial charge >= 0.3 is 6.72 Å². The van der Waals surface area contributed by atoms with Gasteiger partial charge in [0.1, 0.15) is 0 Å². The average Bonchev–Trinajstić information content (AvgIpc) is 2.25. The third-order valence-corrected chi connectivity index (χ3v) is 5.07. The number of benzene rings is 1. The van der Waals surface area contributed by atoms with Crippen LogP contribution in [-0.4, -0.2) is 11.4 Å². The van der Waals surface area contributed by atoms with Gasteiger partial charge < -0.3 is 4.89 Å². The molecule has 0 aliphatic rings. The van der Waals surface area contributed by atoms with Crippen molar-refractivity contribution in [2.45, 2.75) is 19.1 Å². The molecule has 15 heavy (non-hydrogen) atoms. The van der Waals surface area contributed by atoms with Gasteiger partial charge in [0.25, 0.3) is 0 Å². The Morgan fingerprint density at radius 3 is 2.67 bits per heavy atom. The molecule has 0 aliphatic carbocycles. The molecule has 0 aromatic heterocycles. The monoisotopic (exact) mass is 245 g/mol. The summed E-state index contributed by atoms with van der Waals surface area (Å²) in [6, 6.07) is 9.69. The van der Waals surface area contributed by atoms with Crippen LogP contribution in [0.3, 0.4) is 0 Å². The lowest BCUT2D eigenvalue weighted by Gasteiger charge is -2.11. The molecule has 1 aromatic rings. The summed E-state index contributed by atoms with van der Waals surface area (Å²) in [5, 5.41) is 2.65. The number of hydrogen-bond donors (Lipinski definition) is 2. The van der Waals surface area contributed by atoms with E-state index in [-0.39, 0.29) is 0 Å². The first-order valence-corrected chi connectivity index (χ1v) is 8.15. The van der Waals surface area contributed by atoms with Crippen molar-refractivity contribution in [2.75, 3.05) is 6.54 Å². The van der Waals surface area contributed by atoms with Gasteiger partial charge in [-0.2, -0.15) is 0 Å². The molecular formula is C10H16NO2PS. The molecule has 0 spiro atoms. The zero-order valence-electron chi connectivity index (χ0n) is 8.72. The van der Waals surface area contributed by atoms with E-state index >= 15 is 0 Å². The maximum atomic E-state index is 11.6. The topological polar surface area (TPSA) is 49.3 Å². The highest BCUT2D eigenvalue weighted by Crippen LogP contribution is 2.51. The fraction of sp³-hybridized carbons (Fsp3) is 0.400. The predicted octanol–water partition coefficient (Wildman–Crippen LogP) is 3.02. The Bertz CT molecular complexity index is 331. The summed E-state index contributed by atoms with van der Waals surface area (Å²) in [6.45, 7) is -0.662. The fourth-order valence-electron chi connectivity index (χ4n) is 1.03. The van der Waals surface area contributed by atoms with Crippen molar-refractivity contribution < 1.29 is 9.46 Å². The van der Waals surface area contributed by atoms with Crippen molar-refractivity contribution in [3.8, 4) is 0 Å². The van der Waals surface area contributed by atoms with E-state index in [0.29, 0.717) is 12.3 Å². The first-order valence-electron chi connectivity index (χ1n) is 4.90. The summed E-state index contributed by atoms with van der Waals surface area (Å²) < 4.78 is 11.6. The number of nitrogens with one attached hydrogen (secondary N) is 1. The Kier molecular flexibility index (Phi) is 5.40. The molecule has 3 nitrogen and oxygen atoms in total. The van der Waals surface area contributed by atoms with Crippen LogP contribution >= 0.6 is 18.1 Å². The molecule has 84 valence electrons. The van der Waals surface area contributed by atoms with Crippen LogP contribution in [0.2, 0.25) is 0 Å². The van der Waals surface area contributed by atoms with E-state index in [1.165, 1.54) is 0 Å². The smallest absolute Gasteiger partial charge is 0.324 e. The Balaban J connectivity index is 2.39. The van der Waals surface area contributed by atoms with Crippen LogP contribution in [0.25, 0.3) is 0 Å². The number of rotatable bonds is 6. The van der Waals surface area contributed by atoms with Crippen molar-refractivity contribution in [1.29, 1.82) is 0 Å². The van der Waals surface area contributed by atoms with Crippen LogP contribution in [0.5, 0.6) is 0 Å². The van der Waals surface area contributed by atoms with E-state index in [1.807, 2.05) is 37.3 Å². The van der Waals surface area contributed by atoms with E-state index in [1.54, 1.807) is 0 Å². The lowest BCUT2D eigenvalue weighted by Crippen LogP contribution is -2.08. The fourth-order valence-corrected chi connectivity index (χ4v) is 3.67. The zero-order valence-corrected chi connectivity index (χ0v) is 10.4. The maximum Gasteiger partial charge on any atom is 0.324 e. The first kappa shape index (κ1) is 12.8. The van der Waals surface area contributed by atoms with Gasteiger partial charge in [-0.05, 0) is 23.4 Å². The second-order valence-electron chi connectivity index (χ2n) is 3.19. The van der Waals surface area contributed by atoms with Crippen LogP contribution in [0.1, 0.15) is 18.9 Å². The van der Waals surface area contributed by atoms with Crippen molar-refractivity contribution >= 4 is 18.1 Å². The van der Waals surface area contributed by atoms with Gasteiger partial charge in [-0.1, -0.05) is 37.3 Å². The summed E-state index contributed by atoms with van der Waals surface area (Å²) in [5.74, 6) is 0.561. The summed E-state index contributed by atoms with van der Waals surface area (Å²) in [4.78, 5) is 9.51. The van der Waals surface area contributed by atoms with E-state index in [0.717, 1.165) is 23.4 Å². The Morgan fingerprint density at radius 1 is 1.40 bits per heavy atom. The molecule has 2 N–H and O–H groups in total. The lowest BCUT2D eigenvalue weighted by atomic mass is 10.2. The third-order valence-electron chi connectivity index (χ3n) is 1.81. The molecule has 0 amide bonds. The second kappa shape index (κ2) is 6.33. The molecule has 0 heterocycles. The predicted molar refractivity (Wildman–Crippen MR) is 65.9 cm³/mol. The largest absolute Gasteiger partial charge is 0.326 e. The lowest BCUT2D eigenvalue weighted by molar-refractivity contribution is 0.482. The van der Waals surface area contributed by atoms with Crippen LogP contribution in [0.15, 0.2) is 30.3 Å². The van der Waals surface area contributed by atoms with Gasteiger partial charge in [0.2, 0.25) is 0 Å². The van der Waals surface area contributed by atoms with Gasteiger partial charge in [-0.3, -0.25) is 4.57 Å². The van der Waals surface area contributed by atoms with Crippen LogP contribution in [-0.2, 0) is 10.3 Å². The first-order chi connectivity index (χ1) is 7.14. The SMILES string of the molecule is CCCNP(=O)(O)SCc1ccccc1. The van der Waals surface area contributed by atoms with Crippen molar-refractivity contribution in [3.63, 3.8) is 0 Å². The second-order valence-corrected chi connectivity index (χ2v) is 7.35. The van der Waals surface area contributed by atoms with Crippen LogP contribution in [0, 0.1) is 0 Å². The average molecular weight is 245 g/mol. The van der Waals surface area contributed by atoms with E-state index in [2.05, 4.69) is 5.09 Å². The van der Waals surface area contributed by atoms with E-state index in [9.17, 15) is 9.46 Å². The summed E-state index contributed by atoms with van der Waals surface area (Å²) in [6.07, 6.45) is 0.858. The van der Waals surface area contributed by atoms with Crippen LogP contribution in [0.4, 0.5) is 0 Å². The Labute approximate surface area is 94.5 Å². The molecule has 0 fully saturated rings. The minimum absolute atomic E-state index is 0.561. The molecule has 1 unspecified atom stereocenters. The standard InChI is InChI=1S/C10H16NO2PS/c1-2-8-11-14(12,13)15-9-10-6-4-3-5-7-10/h3-7H,2,8-9H2,1H3,(H2,11,12,13). The highest BCUT2D eigenvalue weighted by molar-refractivity contribution is 8.55. The minimum atomic E-state index is -3.21. The normalized spacial score (nSPS) is 14.8. The van der Waals surface area contributed by atoms with Gasteiger partial charge in [0.15, 0.2) is 0 Å². The summed E-state index contributed by atoms with van der Waals surface area (Å²) in [7, 11) is 0. The summed E-state index contributed by atoms with van der Waals surface area (Å²) in [5.41, 5.74) is 1.06. The van der Waals surface area contributed by atoms with Crippen molar-refractivity contribution in [3.05, 3.63) is 35.9 Å². The van der Waals surface area contributed by atoms with Crippen molar-refractivity contribution in [1.82, 2.24) is 5.09 Å². The van der Waals surface area contributed by atoms with E-state index < -0.39 is 6.72 Å². The number of hydrogen-bond acceptors (Lipinski definition) is 2. The third kappa shape index (κ3) is 5.38. The molecule has 1 atom stereocenters. The van der Waals surface area contributed by atoms with Gasteiger partial charge in [0, 0.05) is 12.3 Å². The molecule has 0 saturated carbocycles. The van der Waals surface area contributed by atoms with Crippen molar-refractivity contribution in [2.24, 2.45) is 0 Å². The molecule has 1 rings (SSSR count). The molecule has 0 bridgehead atoms. The zero-order chi connectivity index (χ0) is 11.1. The van der Waals surface area contributed by atoms with Crippen LogP contribution < -0.4 is 5.09 Å². The van der Waals surface area contributed by atoms with Gasteiger partial charge in [-0.15, -0.1) is 0 Å².